The first kappa shape index (κ1) is 20.0. The Labute approximate surface area is 160 Å². The van der Waals surface area contributed by atoms with E-state index in [0.717, 1.165) is 0 Å². The predicted molar refractivity (Wildman–Crippen MR) is 90.5 cm³/mol. The van der Waals surface area contributed by atoms with Gasteiger partial charge in [0.25, 0.3) is 0 Å². The zero-order valence-corrected chi connectivity index (χ0v) is 16.0. The maximum atomic E-state index is 13.1. The number of nitrogens with zero attached hydrogens (tertiary/aromatic N) is 3. The van der Waals surface area contributed by atoms with Gasteiger partial charge in [-0.1, -0.05) is 11.6 Å². The summed E-state index contributed by atoms with van der Waals surface area (Å²) in [6.45, 7) is 6.43. The van der Waals surface area contributed by atoms with E-state index in [0.29, 0.717) is 32.0 Å². The summed E-state index contributed by atoms with van der Waals surface area (Å²) in [5.41, 5.74) is -1.60. The highest BCUT2D eigenvalue weighted by Crippen LogP contribution is 2.42. The summed E-state index contributed by atoms with van der Waals surface area (Å²) >= 11 is 5.53. The summed E-state index contributed by atoms with van der Waals surface area (Å²) in [7, 11) is 0. The molecule has 1 saturated carbocycles. The molecule has 3 rings (SSSR count). The van der Waals surface area contributed by atoms with Gasteiger partial charge >= 0.3 is 12.3 Å². The Morgan fingerprint density at radius 2 is 1.78 bits per heavy atom. The molecule has 6 nitrogen and oxygen atoms in total. The van der Waals surface area contributed by atoms with Crippen molar-refractivity contribution in [2.24, 2.45) is 11.8 Å². The molecule has 1 aliphatic carbocycles. The number of fused-ring (bicyclic) bond motifs is 1. The van der Waals surface area contributed by atoms with Gasteiger partial charge in [-0.3, -0.25) is 0 Å². The lowest BCUT2D eigenvalue weighted by Crippen LogP contribution is -2.36. The number of hydrogen-bond donors (Lipinski definition) is 0. The Hall–Kier alpha value is -1.77. The van der Waals surface area contributed by atoms with Crippen LogP contribution in [0.5, 0.6) is 5.88 Å². The fourth-order valence-electron chi connectivity index (χ4n) is 3.62. The summed E-state index contributed by atoms with van der Waals surface area (Å²) < 4.78 is 50.3. The number of amides is 1. The lowest BCUT2D eigenvalue weighted by atomic mass is 10.0. The van der Waals surface area contributed by atoms with Gasteiger partial charge in [0.2, 0.25) is 5.88 Å². The molecule has 1 aromatic heterocycles. The third-order valence-corrected chi connectivity index (χ3v) is 4.86. The second kappa shape index (κ2) is 7.00. The average molecular weight is 408 g/mol. The Bertz CT molecular complexity index is 710. The molecule has 0 spiro atoms. The van der Waals surface area contributed by atoms with E-state index in [9.17, 15) is 18.0 Å². The van der Waals surface area contributed by atoms with Crippen molar-refractivity contribution in [3.05, 3.63) is 16.8 Å². The van der Waals surface area contributed by atoms with Gasteiger partial charge in [-0.05, 0) is 51.5 Å². The molecule has 27 heavy (non-hydrogen) atoms. The maximum Gasteiger partial charge on any atom is 0.421 e. The van der Waals surface area contributed by atoms with Crippen LogP contribution < -0.4 is 4.74 Å². The van der Waals surface area contributed by atoms with Gasteiger partial charge in [-0.25, -0.2) is 4.79 Å². The summed E-state index contributed by atoms with van der Waals surface area (Å²) in [5.74, 6) is -0.227. The molecule has 0 radical (unpaired) electrons. The molecule has 1 saturated heterocycles. The average Bonchev–Trinajstić information content (AvgIpc) is 3.04. The van der Waals surface area contributed by atoms with Crippen molar-refractivity contribution in [3.8, 4) is 5.88 Å². The van der Waals surface area contributed by atoms with E-state index < -0.39 is 29.3 Å². The second-order valence-electron chi connectivity index (χ2n) is 8.00. The van der Waals surface area contributed by atoms with Crippen molar-refractivity contribution in [3.63, 3.8) is 0 Å². The van der Waals surface area contributed by atoms with Gasteiger partial charge in [0.05, 0.1) is 0 Å². The molecule has 0 unspecified atom stereocenters. The van der Waals surface area contributed by atoms with E-state index in [2.05, 4.69) is 10.2 Å². The first-order valence-electron chi connectivity index (χ1n) is 8.67. The van der Waals surface area contributed by atoms with Crippen LogP contribution in [0.1, 0.15) is 39.2 Å². The predicted octanol–water partition coefficient (Wildman–Crippen LogP) is 4.17. The molecule has 0 N–H and O–H groups in total. The van der Waals surface area contributed by atoms with Gasteiger partial charge in [-0.15, -0.1) is 10.2 Å². The quantitative estimate of drug-likeness (QED) is 0.736. The molecule has 1 amide bonds. The minimum Gasteiger partial charge on any atom is -0.473 e. The largest absolute Gasteiger partial charge is 0.473 e. The highest BCUT2D eigenvalue weighted by Gasteiger charge is 2.45. The van der Waals surface area contributed by atoms with Crippen LogP contribution in [0.2, 0.25) is 5.15 Å². The van der Waals surface area contributed by atoms with E-state index >= 15 is 0 Å². The zero-order chi connectivity index (χ0) is 20.0. The Kier molecular flexibility index (Phi) is 5.18. The molecule has 2 heterocycles. The number of halogens is 4. The lowest BCUT2D eigenvalue weighted by Gasteiger charge is -2.25. The number of ether oxygens (including phenoxy) is 2. The Balaban J connectivity index is 1.61. The number of carbonyl (C=O) groups excluding carboxylic acids is 1. The van der Waals surface area contributed by atoms with Crippen LogP contribution in [0.4, 0.5) is 18.0 Å². The minimum absolute atomic E-state index is 0.164. The van der Waals surface area contributed by atoms with E-state index in [1.54, 1.807) is 25.7 Å². The molecule has 2 fully saturated rings. The van der Waals surface area contributed by atoms with Gasteiger partial charge in [0.15, 0.2) is 5.15 Å². The third-order valence-electron chi connectivity index (χ3n) is 4.67. The van der Waals surface area contributed by atoms with Crippen molar-refractivity contribution in [1.29, 1.82) is 0 Å². The van der Waals surface area contributed by atoms with Crippen molar-refractivity contribution in [2.75, 3.05) is 13.1 Å². The van der Waals surface area contributed by atoms with Crippen LogP contribution >= 0.6 is 11.6 Å². The standard InChI is InChI=1S/C17H21ClF3N3O3/c1-16(2,3)27-15(25)24-7-9-4-11(5-10(9)8-24)26-14-12(17(19,20)21)6-13(18)22-23-14/h6,9-11H,4-5,7-8H2,1-3H3/t9-,10+,11+. The number of rotatable bonds is 2. The van der Waals surface area contributed by atoms with Crippen molar-refractivity contribution in [2.45, 2.75) is 51.5 Å². The van der Waals surface area contributed by atoms with Crippen LogP contribution in [0.3, 0.4) is 0 Å². The van der Waals surface area contributed by atoms with Crippen LogP contribution in [0.25, 0.3) is 0 Å². The number of hydrogen-bond acceptors (Lipinski definition) is 5. The fraction of sp³-hybridized carbons (Fsp3) is 0.706. The smallest absolute Gasteiger partial charge is 0.421 e. The molecule has 0 aromatic carbocycles. The van der Waals surface area contributed by atoms with Gasteiger partial charge in [0, 0.05) is 13.1 Å². The monoisotopic (exact) mass is 407 g/mol. The van der Waals surface area contributed by atoms with Crippen LogP contribution in [0, 0.1) is 11.8 Å². The van der Waals surface area contributed by atoms with E-state index in [1.165, 1.54) is 0 Å². The molecule has 2 aliphatic rings. The molecule has 1 aliphatic heterocycles. The normalized spacial score (nSPS) is 25.4. The van der Waals surface area contributed by atoms with Gasteiger partial charge in [0.1, 0.15) is 17.3 Å². The van der Waals surface area contributed by atoms with Gasteiger partial charge < -0.3 is 14.4 Å². The lowest BCUT2D eigenvalue weighted by molar-refractivity contribution is -0.139. The topological polar surface area (TPSA) is 64.5 Å². The maximum absolute atomic E-state index is 13.1. The minimum atomic E-state index is -4.63. The van der Waals surface area contributed by atoms with Crippen LogP contribution in [0.15, 0.2) is 6.07 Å². The van der Waals surface area contributed by atoms with Crippen LogP contribution in [-0.2, 0) is 10.9 Å². The highest BCUT2D eigenvalue weighted by atomic mass is 35.5. The summed E-state index contributed by atoms with van der Waals surface area (Å²) in [5, 5.41) is 6.59. The summed E-state index contributed by atoms with van der Waals surface area (Å²) in [6, 6.07) is 0.712. The molecule has 10 heteroatoms. The first-order chi connectivity index (χ1) is 12.4. The Morgan fingerprint density at radius 1 is 1.19 bits per heavy atom. The van der Waals surface area contributed by atoms with E-state index in [-0.39, 0.29) is 23.1 Å². The SMILES string of the molecule is CC(C)(C)OC(=O)N1C[C@H]2C[C@H](Oc3nnc(Cl)cc3C(F)(F)F)C[C@H]2C1. The van der Waals surface area contributed by atoms with Crippen LogP contribution in [-0.4, -0.2) is 46.0 Å². The molecule has 0 bridgehead atoms. The summed E-state index contributed by atoms with van der Waals surface area (Å²) in [4.78, 5) is 13.8. The molecule has 150 valence electrons. The molecule has 3 atom stereocenters. The van der Waals surface area contributed by atoms with E-state index in [1.807, 2.05) is 0 Å². The van der Waals surface area contributed by atoms with Crippen molar-refractivity contribution >= 4 is 17.7 Å². The number of carbonyl (C=O) groups is 1. The second-order valence-corrected chi connectivity index (χ2v) is 8.39. The number of alkyl halides is 3. The zero-order valence-electron chi connectivity index (χ0n) is 15.2. The van der Waals surface area contributed by atoms with Gasteiger partial charge in [-0.2, -0.15) is 13.2 Å². The first-order valence-corrected chi connectivity index (χ1v) is 9.05. The highest BCUT2D eigenvalue weighted by molar-refractivity contribution is 6.29. The van der Waals surface area contributed by atoms with E-state index in [4.69, 9.17) is 21.1 Å². The summed E-state index contributed by atoms with van der Waals surface area (Å²) in [6.07, 6.45) is -4.30. The Morgan fingerprint density at radius 3 is 2.30 bits per heavy atom. The number of aromatic nitrogens is 2. The number of likely N-dealkylation sites (tertiary alicyclic amines) is 1. The molecule has 1 aromatic rings. The molecular formula is C17H21ClF3N3O3. The van der Waals surface area contributed by atoms with Crippen molar-refractivity contribution in [1.82, 2.24) is 15.1 Å². The fourth-order valence-corrected chi connectivity index (χ4v) is 3.77. The molecular weight excluding hydrogens is 387 g/mol. The van der Waals surface area contributed by atoms with Crippen molar-refractivity contribution < 1.29 is 27.4 Å². The third kappa shape index (κ3) is 4.75.